The monoisotopic (exact) mass is 147 g/mol. The topological polar surface area (TPSA) is 26.0 Å². The average Bonchev–Trinajstić information content (AvgIpc) is 2.19. The highest BCUT2D eigenvalue weighted by molar-refractivity contribution is 5.85. The van der Waals surface area contributed by atoms with Crippen molar-refractivity contribution in [2.24, 2.45) is 5.73 Å². The van der Waals surface area contributed by atoms with Gasteiger partial charge in [-0.2, -0.15) is 0 Å². The van der Waals surface area contributed by atoms with E-state index < -0.39 is 0 Å². The molecule has 0 aromatic heterocycles. The highest BCUT2D eigenvalue weighted by Crippen LogP contribution is 2.19. The number of hydrogen-bond acceptors (Lipinski definition) is 1. The Morgan fingerprint density at radius 1 is 1.56 bits per heavy atom. The van der Waals surface area contributed by atoms with Gasteiger partial charge in [-0.15, -0.1) is 12.4 Å². The Labute approximate surface area is 62.7 Å². The summed E-state index contributed by atoms with van der Waals surface area (Å²) in [6, 6.07) is 0. The third-order valence-electron chi connectivity index (χ3n) is 1.60. The van der Waals surface area contributed by atoms with Gasteiger partial charge < -0.3 is 5.73 Å². The zero-order valence-corrected chi connectivity index (χ0v) is 6.41. The van der Waals surface area contributed by atoms with Gasteiger partial charge in [-0.3, -0.25) is 0 Å². The Hall–Kier alpha value is -0.0100. The summed E-state index contributed by atoms with van der Waals surface area (Å²) in [4.78, 5) is 0. The van der Waals surface area contributed by atoms with Gasteiger partial charge in [-0.05, 0) is 32.2 Å². The van der Waals surface area contributed by atoms with E-state index in [1.54, 1.807) is 5.57 Å². The van der Waals surface area contributed by atoms with Crippen LogP contribution < -0.4 is 5.73 Å². The van der Waals surface area contributed by atoms with Crippen molar-refractivity contribution in [1.29, 1.82) is 0 Å². The molecule has 0 saturated heterocycles. The predicted octanol–water partition coefficient (Wildman–Crippen LogP) is 1.87. The van der Waals surface area contributed by atoms with Crippen LogP contribution in [-0.2, 0) is 0 Å². The van der Waals surface area contributed by atoms with Gasteiger partial charge in [0.1, 0.15) is 0 Å². The summed E-state index contributed by atoms with van der Waals surface area (Å²) in [5, 5.41) is 0. The van der Waals surface area contributed by atoms with Crippen LogP contribution in [-0.4, -0.2) is 6.54 Å². The van der Waals surface area contributed by atoms with E-state index in [-0.39, 0.29) is 12.4 Å². The van der Waals surface area contributed by atoms with Crippen molar-refractivity contribution in [2.45, 2.75) is 25.7 Å². The van der Waals surface area contributed by atoms with Crippen molar-refractivity contribution in [3.63, 3.8) is 0 Å². The number of allylic oxidation sites excluding steroid dienone is 1. The van der Waals surface area contributed by atoms with E-state index in [9.17, 15) is 0 Å². The maximum Gasteiger partial charge on any atom is -0.00399 e. The summed E-state index contributed by atoms with van der Waals surface area (Å²) in [6.07, 6.45) is 7.40. The first-order chi connectivity index (χ1) is 3.93. The zero-order valence-electron chi connectivity index (χ0n) is 5.60. The van der Waals surface area contributed by atoms with Crippen LogP contribution >= 0.6 is 12.4 Å². The Bertz CT molecular complexity index is 99.1. The molecule has 0 amide bonds. The fourth-order valence-electron chi connectivity index (χ4n) is 1.15. The van der Waals surface area contributed by atoms with Gasteiger partial charge in [-0.1, -0.05) is 11.6 Å². The molecule has 0 radical (unpaired) electrons. The van der Waals surface area contributed by atoms with E-state index in [1.165, 1.54) is 19.3 Å². The van der Waals surface area contributed by atoms with Gasteiger partial charge in [0.2, 0.25) is 0 Å². The van der Waals surface area contributed by atoms with Crippen LogP contribution in [0, 0.1) is 0 Å². The number of nitrogens with two attached hydrogens (primary N) is 1. The Morgan fingerprint density at radius 2 is 2.33 bits per heavy atom. The smallest absolute Gasteiger partial charge is 0.00399 e. The molecule has 0 spiro atoms. The highest BCUT2D eigenvalue weighted by atomic mass is 35.5. The molecule has 2 N–H and O–H groups in total. The van der Waals surface area contributed by atoms with Gasteiger partial charge in [0.05, 0.1) is 0 Å². The fourth-order valence-corrected chi connectivity index (χ4v) is 1.15. The molecule has 1 aliphatic carbocycles. The van der Waals surface area contributed by atoms with Crippen molar-refractivity contribution < 1.29 is 0 Å². The average molecular weight is 148 g/mol. The normalized spacial score (nSPS) is 16.8. The molecule has 1 rings (SSSR count). The molecule has 0 atom stereocenters. The summed E-state index contributed by atoms with van der Waals surface area (Å²) in [5.41, 5.74) is 6.94. The second-order valence-electron chi connectivity index (χ2n) is 2.29. The van der Waals surface area contributed by atoms with Gasteiger partial charge in [-0.25, -0.2) is 0 Å². The summed E-state index contributed by atoms with van der Waals surface area (Å²) in [5.74, 6) is 0. The maximum atomic E-state index is 5.37. The van der Waals surface area contributed by atoms with E-state index in [2.05, 4.69) is 6.08 Å². The quantitative estimate of drug-likeness (QED) is 0.593. The molecule has 0 aromatic carbocycles. The SMILES string of the molecule is Cl.NCCC1=CCCC1. The van der Waals surface area contributed by atoms with Crippen molar-refractivity contribution >= 4 is 12.4 Å². The molecule has 1 nitrogen and oxygen atoms in total. The van der Waals surface area contributed by atoms with E-state index >= 15 is 0 Å². The van der Waals surface area contributed by atoms with Crippen molar-refractivity contribution in [3.05, 3.63) is 11.6 Å². The largest absolute Gasteiger partial charge is 0.330 e. The maximum absolute atomic E-state index is 5.37. The predicted molar refractivity (Wildman–Crippen MR) is 42.9 cm³/mol. The molecule has 0 saturated carbocycles. The summed E-state index contributed by atoms with van der Waals surface area (Å²) >= 11 is 0. The minimum Gasteiger partial charge on any atom is -0.330 e. The van der Waals surface area contributed by atoms with E-state index in [4.69, 9.17) is 5.73 Å². The molecule has 54 valence electrons. The first-order valence-corrected chi connectivity index (χ1v) is 3.31. The lowest BCUT2D eigenvalue weighted by Crippen LogP contribution is -1.98. The zero-order chi connectivity index (χ0) is 5.82. The summed E-state index contributed by atoms with van der Waals surface area (Å²) in [6.45, 7) is 0.825. The van der Waals surface area contributed by atoms with E-state index in [0.717, 1.165) is 13.0 Å². The molecule has 2 heteroatoms. The lowest BCUT2D eigenvalue weighted by atomic mass is 10.2. The third-order valence-corrected chi connectivity index (χ3v) is 1.60. The molecule has 9 heavy (non-hydrogen) atoms. The second-order valence-corrected chi connectivity index (χ2v) is 2.29. The molecule has 1 aliphatic rings. The fraction of sp³-hybridized carbons (Fsp3) is 0.714. The number of hydrogen-bond donors (Lipinski definition) is 1. The third kappa shape index (κ3) is 2.87. The molecule has 0 bridgehead atoms. The lowest BCUT2D eigenvalue weighted by molar-refractivity contribution is 0.850. The van der Waals surface area contributed by atoms with Gasteiger partial charge in [0.15, 0.2) is 0 Å². The Balaban J connectivity index is 0.000000640. The minimum atomic E-state index is 0. The van der Waals surface area contributed by atoms with Crippen LogP contribution in [0.3, 0.4) is 0 Å². The van der Waals surface area contributed by atoms with E-state index in [1.807, 2.05) is 0 Å². The standard InChI is InChI=1S/C7H13N.ClH/c8-6-5-7-3-1-2-4-7;/h3H,1-2,4-6,8H2;1H. The lowest BCUT2D eigenvalue weighted by Gasteiger charge is -1.94. The number of rotatable bonds is 2. The van der Waals surface area contributed by atoms with Crippen LogP contribution in [0.2, 0.25) is 0 Å². The second kappa shape index (κ2) is 4.83. The van der Waals surface area contributed by atoms with Crippen LogP contribution in [0.4, 0.5) is 0 Å². The number of halogens is 1. The van der Waals surface area contributed by atoms with Crippen molar-refractivity contribution in [3.8, 4) is 0 Å². The molecule has 0 fully saturated rings. The van der Waals surface area contributed by atoms with Crippen LogP contribution in [0.25, 0.3) is 0 Å². The van der Waals surface area contributed by atoms with Gasteiger partial charge in [0.25, 0.3) is 0 Å². The minimum absolute atomic E-state index is 0. The van der Waals surface area contributed by atoms with Crippen LogP contribution in [0.15, 0.2) is 11.6 Å². The molecular weight excluding hydrogens is 134 g/mol. The highest BCUT2D eigenvalue weighted by Gasteiger charge is 2.01. The van der Waals surface area contributed by atoms with E-state index in [0.29, 0.717) is 0 Å². The molecule has 0 unspecified atom stereocenters. The molecule has 0 aliphatic heterocycles. The first-order valence-electron chi connectivity index (χ1n) is 3.31. The Kier molecular flexibility index (Phi) is 4.83. The van der Waals surface area contributed by atoms with Crippen LogP contribution in [0.5, 0.6) is 0 Å². The van der Waals surface area contributed by atoms with Gasteiger partial charge in [0, 0.05) is 0 Å². The van der Waals surface area contributed by atoms with Crippen LogP contribution in [0.1, 0.15) is 25.7 Å². The molecular formula is C7H14ClN. The first kappa shape index (κ1) is 8.99. The van der Waals surface area contributed by atoms with Crippen molar-refractivity contribution in [1.82, 2.24) is 0 Å². The molecule has 0 heterocycles. The van der Waals surface area contributed by atoms with Crippen molar-refractivity contribution in [2.75, 3.05) is 6.54 Å². The Morgan fingerprint density at radius 3 is 2.78 bits per heavy atom. The molecule has 0 aromatic rings. The summed E-state index contributed by atoms with van der Waals surface area (Å²) in [7, 11) is 0. The van der Waals surface area contributed by atoms with Gasteiger partial charge >= 0.3 is 0 Å². The summed E-state index contributed by atoms with van der Waals surface area (Å²) < 4.78 is 0.